The van der Waals surface area contributed by atoms with E-state index in [1.165, 1.54) is 11.3 Å². The summed E-state index contributed by atoms with van der Waals surface area (Å²) in [4.78, 5) is 11.9. The molecule has 6 heteroatoms. The lowest BCUT2D eigenvalue weighted by Crippen LogP contribution is -2.08. The quantitative estimate of drug-likeness (QED) is 0.638. The Labute approximate surface area is 130 Å². The van der Waals surface area contributed by atoms with Crippen LogP contribution in [0.4, 0.5) is 5.69 Å². The van der Waals surface area contributed by atoms with E-state index in [0.29, 0.717) is 15.3 Å². The van der Waals surface area contributed by atoms with Gasteiger partial charge < -0.3 is 4.90 Å². The second kappa shape index (κ2) is 5.20. The molecule has 0 aliphatic carbocycles. The fourth-order valence-corrected chi connectivity index (χ4v) is 3.11. The van der Waals surface area contributed by atoms with Crippen LogP contribution in [0.3, 0.4) is 0 Å². The minimum Gasteiger partial charge on any atom is -0.378 e. The molecule has 102 valence electrons. The molecule has 2 heterocycles. The van der Waals surface area contributed by atoms with Crippen molar-refractivity contribution in [3.63, 3.8) is 0 Å². The minimum absolute atomic E-state index is 0.457. The van der Waals surface area contributed by atoms with E-state index in [0.717, 1.165) is 21.5 Å². The van der Waals surface area contributed by atoms with E-state index in [9.17, 15) is 0 Å². The Morgan fingerprint density at radius 2 is 1.85 bits per heavy atom. The molecule has 0 spiro atoms. The first-order valence-electron chi connectivity index (χ1n) is 5.95. The van der Waals surface area contributed by atoms with Gasteiger partial charge in [0.25, 0.3) is 0 Å². The number of anilines is 1. The second-order valence-electron chi connectivity index (χ2n) is 4.54. The van der Waals surface area contributed by atoms with E-state index < -0.39 is 0 Å². The molecule has 0 amide bonds. The molecular formula is C14H11Cl2N3S. The lowest BCUT2D eigenvalue weighted by Gasteiger charge is -2.13. The zero-order chi connectivity index (χ0) is 14.3. The van der Waals surface area contributed by atoms with Gasteiger partial charge in [-0.05, 0) is 30.3 Å². The zero-order valence-corrected chi connectivity index (χ0v) is 13.2. The SMILES string of the molecule is CN(C)c1ccc2nc(-c3ccc(Cl)s3)nc(Cl)c2c1. The average molecular weight is 324 g/mol. The fourth-order valence-electron chi connectivity index (χ4n) is 1.90. The van der Waals surface area contributed by atoms with Crippen LogP contribution in [-0.2, 0) is 0 Å². The van der Waals surface area contributed by atoms with E-state index >= 15 is 0 Å². The van der Waals surface area contributed by atoms with Gasteiger partial charge in [-0.3, -0.25) is 0 Å². The predicted octanol–water partition coefficient (Wildman–Crippen LogP) is 4.73. The monoisotopic (exact) mass is 323 g/mol. The lowest BCUT2D eigenvalue weighted by molar-refractivity contribution is 1.13. The Morgan fingerprint density at radius 3 is 2.50 bits per heavy atom. The number of hydrogen-bond acceptors (Lipinski definition) is 4. The van der Waals surface area contributed by atoms with Crippen molar-refractivity contribution >= 4 is 51.1 Å². The summed E-state index contributed by atoms with van der Waals surface area (Å²) < 4.78 is 0.711. The molecule has 0 aliphatic heterocycles. The van der Waals surface area contributed by atoms with E-state index in [4.69, 9.17) is 23.2 Å². The Kier molecular flexibility index (Phi) is 3.54. The van der Waals surface area contributed by atoms with E-state index in [2.05, 4.69) is 9.97 Å². The molecule has 0 saturated carbocycles. The molecule has 0 fully saturated rings. The van der Waals surface area contributed by atoms with Crippen LogP contribution in [0.25, 0.3) is 21.6 Å². The third-order valence-electron chi connectivity index (χ3n) is 2.94. The summed E-state index contributed by atoms with van der Waals surface area (Å²) in [7, 11) is 3.97. The Bertz CT molecular complexity index is 783. The summed E-state index contributed by atoms with van der Waals surface area (Å²) in [5.41, 5.74) is 1.89. The Morgan fingerprint density at radius 1 is 1.05 bits per heavy atom. The van der Waals surface area contributed by atoms with Crippen molar-refractivity contribution in [2.45, 2.75) is 0 Å². The van der Waals surface area contributed by atoms with Crippen molar-refractivity contribution in [3.8, 4) is 10.7 Å². The molecule has 1 aromatic carbocycles. The highest BCUT2D eigenvalue weighted by atomic mass is 35.5. The van der Waals surface area contributed by atoms with Crippen LogP contribution < -0.4 is 4.90 Å². The lowest BCUT2D eigenvalue weighted by atomic mass is 10.2. The molecule has 0 saturated heterocycles. The summed E-state index contributed by atoms with van der Waals surface area (Å²) >= 11 is 13.7. The van der Waals surface area contributed by atoms with Gasteiger partial charge in [0.2, 0.25) is 0 Å². The first-order valence-corrected chi connectivity index (χ1v) is 7.52. The average Bonchev–Trinajstić information content (AvgIpc) is 2.85. The van der Waals surface area contributed by atoms with Crippen molar-refractivity contribution in [2.75, 3.05) is 19.0 Å². The predicted molar refractivity (Wildman–Crippen MR) is 87.2 cm³/mol. The number of halogens is 2. The second-order valence-corrected chi connectivity index (χ2v) is 6.61. The molecule has 2 aromatic heterocycles. The highest BCUT2D eigenvalue weighted by Crippen LogP contribution is 2.32. The summed E-state index contributed by atoms with van der Waals surface area (Å²) in [5.74, 6) is 0.608. The first kappa shape index (κ1) is 13.6. The van der Waals surface area contributed by atoms with Gasteiger partial charge in [-0.1, -0.05) is 23.2 Å². The van der Waals surface area contributed by atoms with Gasteiger partial charge in [0.15, 0.2) is 5.82 Å². The minimum atomic E-state index is 0.457. The van der Waals surface area contributed by atoms with Crippen LogP contribution in [-0.4, -0.2) is 24.1 Å². The van der Waals surface area contributed by atoms with Crippen LogP contribution in [0.2, 0.25) is 9.49 Å². The van der Waals surface area contributed by atoms with Gasteiger partial charge in [0, 0.05) is 25.2 Å². The van der Waals surface area contributed by atoms with Gasteiger partial charge in [-0.25, -0.2) is 9.97 Å². The molecule has 0 unspecified atom stereocenters. The molecule has 0 N–H and O–H groups in total. The maximum atomic E-state index is 6.30. The van der Waals surface area contributed by atoms with Gasteiger partial charge in [0.1, 0.15) is 5.15 Å². The molecule has 3 nitrogen and oxygen atoms in total. The number of rotatable bonds is 2. The van der Waals surface area contributed by atoms with Gasteiger partial charge in [-0.2, -0.15) is 0 Å². The summed E-state index contributed by atoms with van der Waals surface area (Å²) in [5, 5.41) is 1.31. The molecule has 0 radical (unpaired) electrons. The summed E-state index contributed by atoms with van der Waals surface area (Å²) in [6.07, 6.45) is 0. The van der Waals surface area contributed by atoms with Crippen molar-refractivity contribution in [2.24, 2.45) is 0 Å². The largest absolute Gasteiger partial charge is 0.378 e. The van der Waals surface area contributed by atoms with E-state index in [-0.39, 0.29) is 0 Å². The van der Waals surface area contributed by atoms with Crippen LogP contribution in [0.15, 0.2) is 30.3 Å². The maximum absolute atomic E-state index is 6.30. The van der Waals surface area contributed by atoms with Crippen LogP contribution in [0, 0.1) is 0 Å². The number of benzene rings is 1. The standard InChI is InChI=1S/C14H11Cl2N3S/c1-19(2)8-3-4-10-9(7-8)13(16)18-14(17-10)11-5-6-12(15)20-11/h3-7H,1-2H3. The molecular weight excluding hydrogens is 313 g/mol. The normalized spacial score (nSPS) is 11.0. The maximum Gasteiger partial charge on any atom is 0.171 e. The molecule has 0 aliphatic rings. The molecule has 0 atom stereocenters. The number of aromatic nitrogens is 2. The number of fused-ring (bicyclic) bond motifs is 1. The number of nitrogens with zero attached hydrogens (tertiary/aromatic N) is 3. The molecule has 20 heavy (non-hydrogen) atoms. The van der Waals surface area contributed by atoms with E-state index in [1.54, 1.807) is 0 Å². The van der Waals surface area contributed by atoms with Crippen molar-refractivity contribution in [1.29, 1.82) is 0 Å². The third-order valence-corrected chi connectivity index (χ3v) is 4.46. The van der Waals surface area contributed by atoms with Gasteiger partial charge in [-0.15, -0.1) is 11.3 Å². The smallest absolute Gasteiger partial charge is 0.171 e. The molecule has 3 rings (SSSR count). The van der Waals surface area contributed by atoms with Crippen LogP contribution in [0.1, 0.15) is 0 Å². The highest BCUT2D eigenvalue weighted by molar-refractivity contribution is 7.19. The Hall–Kier alpha value is -1.36. The highest BCUT2D eigenvalue weighted by Gasteiger charge is 2.11. The molecule has 3 aromatic rings. The Balaban J connectivity index is 2.17. The third kappa shape index (κ3) is 2.46. The number of thiophene rings is 1. The van der Waals surface area contributed by atoms with Crippen LogP contribution in [0.5, 0.6) is 0 Å². The topological polar surface area (TPSA) is 29.0 Å². The summed E-state index contributed by atoms with van der Waals surface area (Å²) in [6, 6.07) is 9.69. The van der Waals surface area contributed by atoms with Crippen molar-refractivity contribution in [1.82, 2.24) is 9.97 Å². The van der Waals surface area contributed by atoms with Gasteiger partial charge >= 0.3 is 0 Å². The molecule has 0 bridgehead atoms. The van der Waals surface area contributed by atoms with Crippen LogP contribution >= 0.6 is 34.5 Å². The van der Waals surface area contributed by atoms with Crippen molar-refractivity contribution < 1.29 is 0 Å². The zero-order valence-electron chi connectivity index (χ0n) is 10.9. The van der Waals surface area contributed by atoms with Gasteiger partial charge in [0.05, 0.1) is 14.7 Å². The van der Waals surface area contributed by atoms with E-state index in [1.807, 2.05) is 49.3 Å². The van der Waals surface area contributed by atoms with Crippen molar-refractivity contribution in [3.05, 3.63) is 39.8 Å². The fraction of sp³-hybridized carbons (Fsp3) is 0.143. The summed E-state index contributed by atoms with van der Waals surface area (Å²) in [6.45, 7) is 0. The first-order chi connectivity index (χ1) is 9.54. The number of hydrogen-bond donors (Lipinski definition) is 0.